The SMILES string of the molecule is CCOC(=O)C(SC1SC(SC(C(=O)OCC)C(=O)OCC)C(c2ccccc2)C(=S)C1c1ccccc1)C(=O)OCC. The summed E-state index contributed by atoms with van der Waals surface area (Å²) in [6, 6.07) is 19.3. The second-order valence-corrected chi connectivity index (χ2v) is 14.0. The maximum absolute atomic E-state index is 13.0. The van der Waals surface area contributed by atoms with Gasteiger partial charge >= 0.3 is 23.9 Å². The van der Waals surface area contributed by atoms with Gasteiger partial charge < -0.3 is 18.9 Å². The molecule has 232 valence electrons. The van der Waals surface area contributed by atoms with E-state index in [4.69, 9.17) is 31.2 Å². The fraction of sp³-hybridized carbons (Fsp3) is 0.452. The molecule has 4 atom stereocenters. The van der Waals surface area contributed by atoms with Crippen molar-refractivity contribution in [1.82, 2.24) is 0 Å². The van der Waals surface area contributed by atoms with Crippen LogP contribution in [-0.2, 0) is 38.1 Å². The number of benzene rings is 2. The molecule has 1 saturated heterocycles. The van der Waals surface area contributed by atoms with Crippen LogP contribution in [0.25, 0.3) is 0 Å². The third-order valence-electron chi connectivity index (χ3n) is 6.29. The van der Waals surface area contributed by atoms with Crippen molar-refractivity contribution in [1.29, 1.82) is 0 Å². The molecule has 1 fully saturated rings. The van der Waals surface area contributed by atoms with Crippen LogP contribution in [-0.4, -0.2) is 74.8 Å². The molecule has 2 aromatic carbocycles. The topological polar surface area (TPSA) is 105 Å². The molecule has 2 aromatic rings. The summed E-state index contributed by atoms with van der Waals surface area (Å²) in [5.41, 5.74) is 1.83. The van der Waals surface area contributed by atoms with Crippen LogP contribution in [0.4, 0.5) is 0 Å². The molecule has 8 nitrogen and oxygen atoms in total. The van der Waals surface area contributed by atoms with E-state index >= 15 is 0 Å². The molecule has 0 aromatic heterocycles. The average molecular weight is 665 g/mol. The molecule has 0 saturated carbocycles. The van der Waals surface area contributed by atoms with Gasteiger partial charge in [-0.1, -0.05) is 72.9 Å². The predicted molar refractivity (Wildman–Crippen MR) is 175 cm³/mol. The number of carbonyl (C=O) groups is 4. The van der Waals surface area contributed by atoms with E-state index in [-0.39, 0.29) is 38.3 Å². The van der Waals surface area contributed by atoms with Gasteiger partial charge in [0.25, 0.3) is 0 Å². The van der Waals surface area contributed by atoms with Crippen LogP contribution in [0, 0.1) is 0 Å². The molecule has 0 aliphatic carbocycles. The minimum Gasteiger partial charge on any atom is -0.465 e. The summed E-state index contributed by atoms with van der Waals surface area (Å²) in [7, 11) is 0. The van der Waals surface area contributed by atoms with Crippen molar-refractivity contribution in [2.75, 3.05) is 26.4 Å². The highest BCUT2D eigenvalue weighted by Crippen LogP contribution is 2.55. The molecule has 1 aliphatic rings. The van der Waals surface area contributed by atoms with Gasteiger partial charge in [0, 0.05) is 16.7 Å². The quantitative estimate of drug-likeness (QED) is 0.106. The van der Waals surface area contributed by atoms with E-state index in [9.17, 15) is 19.2 Å². The van der Waals surface area contributed by atoms with Crippen molar-refractivity contribution in [2.45, 2.75) is 59.2 Å². The van der Waals surface area contributed by atoms with E-state index in [0.29, 0.717) is 4.86 Å². The van der Waals surface area contributed by atoms with Crippen LogP contribution in [0.2, 0.25) is 0 Å². The van der Waals surface area contributed by atoms with Crippen molar-refractivity contribution in [3.63, 3.8) is 0 Å². The molecule has 3 rings (SSSR count). The first-order valence-corrected chi connectivity index (χ1v) is 17.3. The number of thioether (sulfide) groups is 3. The van der Waals surface area contributed by atoms with Gasteiger partial charge in [-0.2, -0.15) is 0 Å². The van der Waals surface area contributed by atoms with Crippen LogP contribution in [0.1, 0.15) is 50.7 Å². The van der Waals surface area contributed by atoms with Crippen LogP contribution < -0.4 is 0 Å². The van der Waals surface area contributed by atoms with Gasteiger partial charge in [-0.3, -0.25) is 19.2 Å². The van der Waals surface area contributed by atoms with Gasteiger partial charge in [-0.05, 0) is 38.8 Å². The van der Waals surface area contributed by atoms with Crippen LogP contribution >= 0.6 is 47.5 Å². The fourth-order valence-corrected chi connectivity index (χ4v) is 10.8. The number of hydrogen-bond acceptors (Lipinski definition) is 12. The largest absolute Gasteiger partial charge is 0.465 e. The van der Waals surface area contributed by atoms with E-state index < -0.39 is 43.5 Å². The lowest BCUT2D eigenvalue weighted by Crippen LogP contribution is -2.42. The first kappa shape index (κ1) is 34.9. The van der Waals surface area contributed by atoms with Gasteiger partial charge in [0.05, 0.1) is 35.6 Å². The highest BCUT2D eigenvalue weighted by Gasteiger charge is 2.49. The zero-order valence-electron chi connectivity index (χ0n) is 24.5. The lowest BCUT2D eigenvalue weighted by atomic mass is 9.86. The van der Waals surface area contributed by atoms with Crippen LogP contribution in [0.5, 0.6) is 0 Å². The molecule has 0 radical (unpaired) electrons. The summed E-state index contributed by atoms with van der Waals surface area (Å²) in [6.07, 6.45) is 0. The Hall–Kier alpha value is -2.54. The highest BCUT2D eigenvalue weighted by atomic mass is 32.2. The molecule has 0 amide bonds. The molecule has 0 N–H and O–H groups in total. The molecule has 1 heterocycles. The molecule has 4 unspecified atom stereocenters. The predicted octanol–water partition coefficient (Wildman–Crippen LogP) is 5.78. The third-order valence-corrected chi connectivity index (χ3v) is 11.6. The van der Waals surface area contributed by atoms with Gasteiger partial charge in [-0.15, -0.1) is 35.3 Å². The summed E-state index contributed by atoms with van der Waals surface area (Å²) in [4.78, 5) is 52.7. The standard InChI is InChI=1S/C31H36O8S4/c1-5-36-26(32)24(27(33)37-6-2)41-30-21(19-15-11-9-12-16-19)23(40)22(20-17-13-10-14-18-20)31(43-30)42-25(28(34)38-7-3)29(35)39-8-4/h9-18,21-22,24-25,30-31H,5-8H2,1-4H3. The Morgan fingerprint density at radius 2 is 0.930 bits per heavy atom. The smallest absolute Gasteiger partial charge is 0.330 e. The molecule has 1 aliphatic heterocycles. The Bertz CT molecular complexity index is 1110. The first-order chi connectivity index (χ1) is 20.8. The second-order valence-electron chi connectivity index (χ2n) is 9.09. The minimum atomic E-state index is -1.25. The van der Waals surface area contributed by atoms with Crippen molar-refractivity contribution in [2.24, 2.45) is 0 Å². The van der Waals surface area contributed by atoms with E-state index in [2.05, 4.69) is 0 Å². The van der Waals surface area contributed by atoms with E-state index in [1.54, 1.807) is 27.7 Å². The average Bonchev–Trinajstić information content (AvgIpc) is 2.99. The number of esters is 4. The monoisotopic (exact) mass is 664 g/mol. The Morgan fingerprint density at radius 1 is 0.628 bits per heavy atom. The van der Waals surface area contributed by atoms with E-state index in [1.165, 1.54) is 11.8 Å². The lowest BCUT2D eigenvalue weighted by molar-refractivity contribution is -0.154. The molecule has 43 heavy (non-hydrogen) atoms. The zero-order chi connectivity index (χ0) is 31.4. The van der Waals surface area contributed by atoms with Crippen LogP contribution in [0.3, 0.4) is 0 Å². The highest BCUT2D eigenvalue weighted by molar-refractivity contribution is 8.25. The summed E-state index contributed by atoms with van der Waals surface area (Å²) >= 11 is 9.91. The summed E-state index contributed by atoms with van der Waals surface area (Å²) in [6.45, 7) is 7.08. The molecule has 12 heteroatoms. The maximum Gasteiger partial charge on any atom is 0.330 e. The Kier molecular flexibility index (Phi) is 14.4. The molecule has 0 bridgehead atoms. The van der Waals surface area contributed by atoms with Crippen molar-refractivity contribution >= 4 is 76.2 Å². The van der Waals surface area contributed by atoms with Gasteiger partial charge in [0.2, 0.25) is 10.5 Å². The number of hydrogen-bond donors (Lipinski definition) is 0. The lowest BCUT2D eigenvalue weighted by Gasteiger charge is -2.42. The van der Waals surface area contributed by atoms with Crippen molar-refractivity contribution in [3.05, 3.63) is 71.8 Å². The van der Waals surface area contributed by atoms with Crippen molar-refractivity contribution < 1.29 is 38.1 Å². The van der Waals surface area contributed by atoms with E-state index in [1.807, 2.05) is 60.7 Å². The second kappa shape index (κ2) is 17.7. The Morgan fingerprint density at radius 3 is 1.21 bits per heavy atom. The molecular weight excluding hydrogens is 629 g/mol. The summed E-state index contributed by atoms with van der Waals surface area (Å²) in [5, 5.41) is -2.51. The Balaban J connectivity index is 2.12. The zero-order valence-corrected chi connectivity index (χ0v) is 27.7. The number of rotatable bonds is 14. The normalized spacial score (nSPS) is 20.0. The summed E-state index contributed by atoms with van der Waals surface area (Å²) < 4.78 is 20.0. The van der Waals surface area contributed by atoms with Gasteiger partial charge in [0.1, 0.15) is 0 Å². The van der Waals surface area contributed by atoms with Gasteiger partial charge in [-0.25, -0.2) is 0 Å². The molecular formula is C31H36O8S4. The van der Waals surface area contributed by atoms with E-state index in [0.717, 1.165) is 34.7 Å². The third kappa shape index (κ3) is 9.23. The number of carbonyl (C=O) groups excluding carboxylic acids is 4. The van der Waals surface area contributed by atoms with Gasteiger partial charge in [0.15, 0.2) is 0 Å². The molecule has 0 spiro atoms. The Labute approximate surface area is 270 Å². The minimum absolute atomic E-state index is 0.100. The van der Waals surface area contributed by atoms with Crippen molar-refractivity contribution in [3.8, 4) is 0 Å². The first-order valence-electron chi connectivity index (χ1n) is 14.0. The number of thiocarbonyl (C=S) groups is 1. The fourth-order valence-electron chi connectivity index (χ4n) is 4.49. The van der Waals surface area contributed by atoms with Crippen LogP contribution in [0.15, 0.2) is 60.7 Å². The maximum atomic E-state index is 13.0. The number of ether oxygens (including phenoxy) is 4. The summed E-state index contributed by atoms with van der Waals surface area (Å²) in [5.74, 6) is -3.54.